The molecule has 0 N–H and O–H groups in total. The Morgan fingerprint density at radius 2 is 1.46 bits per heavy atom. The molecule has 0 aliphatic heterocycles. The molecule has 0 amide bonds. The molecule has 0 saturated carbocycles. The van der Waals surface area contributed by atoms with Crippen molar-refractivity contribution in [2.24, 2.45) is 0 Å². The minimum Gasteiger partial charge on any atom is -1.00 e. The van der Waals surface area contributed by atoms with E-state index in [1.54, 1.807) is 4.57 Å². The first-order valence-corrected chi connectivity index (χ1v) is 7.91. The third kappa shape index (κ3) is 5.07. The number of nitro benzene ring substituents is 1. The summed E-state index contributed by atoms with van der Waals surface area (Å²) in [6, 6.07) is 19.9. The number of benzene rings is 2. The predicted octanol–water partition coefficient (Wildman–Crippen LogP) is 0.360. The zero-order chi connectivity index (χ0) is 17.6. The van der Waals surface area contributed by atoms with Crippen LogP contribution in [0.25, 0.3) is 0 Å². The van der Waals surface area contributed by atoms with Gasteiger partial charge in [-0.15, -0.1) is 0 Å². The fourth-order valence-corrected chi connectivity index (χ4v) is 2.57. The lowest BCUT2D eigenvalue weighted by Crippen LogP contribution is -3.00. The van der Waals surface area contributed by atoms with E-state index in [4.69, 9.17) is 0 Å². The number of non-ortho nitro benzene ring substituents is 1. The molecule has 0 saturated heterocycles. The maximum atomic E-state index is 12.3. The third-order valence-corrected chi connectivity index (χ3v) is 3.94. The van der Waals surface area contributed by atoms with E-state index in [1.807, 2.05) is 42.7 Å². The second kappa shape index (κ2) is 9.01. The van der Waals surface area contributed by atoms with Crippen LogP contribution in [0.3, 0.4) is 0 Å². The molecule has 6 heteroatoms. The first kappa shape index (κ1) is 19.5. The average molecular weight is 413 g/mol. The number of ketones is 1. The van der Waals surface area contributed by atoms with Crippen molar-refractivity contribution in [2.45, 2.75) is 13.0 Å². The summed E-state index contributed by atoms with van der Waals surface area (Å²) in [4.78, 5) is 22.5. The zero-order valence-electron chi connectivity index (χ0n) is 13.9. The first-order valence-electron chi connectivity index (χ1n) is 7.91. The van der Waals surface area contributed by atoms with Crippen LogP contribution in [0.5, 0.6) is 0 Å². The summed E-state index contributed by atoms with van der Waals surface area (Å²) in [7, 11) is 0. The molecule has 0 spiro atoms. The van der Waals surface area contributed by atoms with Crippen LogP contribution in [0.15, 0.2) is 79.1 Å². The van der Waals surface area contributed by atoms with Crippen molar-refractivity contribution in [1.82, 2.24) is 0 Å². The normalized spacial score (nSPS) is 10.0. The standard InChI is InChI=1S/C20H17N2O3.BrH/c23-20(18-6-8-19(9-7-18)22(24)25)15-21-12-10-17(11-13-21)14-16-4-2-1-3-5-16;/h1-13H,14-15H2;1H/q+1;/p-1. The molecule has 132 valence electrons. The van der Waals surface area contributed by atoms with Gasteiger partial charge in [0.25, 0.3) is 5.69 Å². The lowest BCUT2D eigenvalue weighted by Gasteiger charge is -2.02. The summed E-state index contributed by atoms with van der Waals surface area (Å²) < 4.78 is 1.80. The van der Waals surface area contributed by atoms with Crippen LogP contribution < -0.4 is 21.5 Å². The molecule has 1 aromatic heterocycles. The highest BCUT2D eigenvalue weighted by atomic mass is 79.9. The van der Waals surface area contributed by atoms with E-state index in [-0.39, 0.29) is 35.0 Å². The smallest absolute Gasteiger partial charge is 0.269 e. The van der Waals surface area contributed by atoms with E-state index in [0.717, 1.165) is 6.42 Å². The van der Waals surface area contributed by atoms with Gasteiger partial charge in [-0.3, -0.25) is 14.9 Å². The Kier molecular flexibility index (Phi) is 6.74. The number of rotatable bonds is 6. The summed E-state index contributed by atoms with van der Waals surface area (Å²) in [6.45, 7) is 0.198. The molecule has 0 unspecified atom stereocenters. The van der Waals surface area contributed by atoms with Gasteiger partial charge in [-0.2, -0.15) is 4.57 Å². The summed E-state index contributed by atoms with van der Waals surface area (Å²) in [5, 5.41) is 10.7. The number of hydrogen-bond donors (Lipinski definition) is 0. The summed E-state index contributed by atoms with van der Waals surface area (Å²) in [5.74, 6) is -0.0873. The van der Waals surface area contributed by atoms with Crippen molar-refractivity contribution in [1.29, 1.82) is 0 Å². The molecule has 0 fully saturated rings. The van der Waals surface area contributed by atoms with E-state index in [9.17, 15) is 14.9 Å². The van der Waals surface area contributed by atoms with E-state index in [2.05, 4.69) is 12.1 Å². The van der Waals surface area contributed by atoms with E-state index in [1.165, 1.54) is 35.4 Å². The Bertz CT molecular complexity index is 879. The molecule has 0 radical (unpaired) electrons. The molecule has 0 bridgehead atoms. The first-order chi connectivity index (χ1) is 12.1. The Labute approximate surface area is 161 Å². The van der Waals surface area contributed by atoms with Gasteiger partial charge in [0.15, 0.2) is 12.4 Å². The molecule has 5 nitrogen and oxygen atoms in total. The Hall–Kier alpha value is -2.86. The highest BCUT2D eigenvalue weighted by molar-refractivity contribution is 5.95. The minimum absolute atomic E-state index is 0. The minimum atomic E-state index is -0.478. The lowest BCUT2D eigenvalue weighted by molar-refractivity contribution is -0.683. The Morgan fingerprint density at radius 3 is 2.04 bits per heavy atom. The fourth-order valence-electron chi connectivity index (χ4n) is 2.57. The topological polar surface area (TPSA) is 64.1 Å². The summed E-state index contributed by atoms with van der Waals surface area (Å²) >= 11 is 0. The number of pyridine rings is 1. The highest BCUT2D eigenvalue weighted by Crippen LogP contribution is 2.12. The molecule has 0 aliphatic carbocycles. The van der Waals surface area contributed by atoms with E-state index in [0.29, 0.717) is 5.56 Å². The molecule has 3 aromatic rings. The Morgan fingerprint density at radius 1 is 0.885 bits per heavy atom. The van der Waals surface area contributed by atoms with Crippen LogP contribution in [0.2, 0.25) is 0 Å². The SMILES string of the molecule is O=C(C[n+]1ccc(Cc2ccccc2)cc1)c1ccc([N+](=O)[O-])cc1.[Br-]. The van der Waals surface area contributed by atoms with Crippen LogP contribution in [0, 0.1) is 10.1 Å². The van der Waals surface area contributed by atoms with Gasteiger partial charge in [0.1, 0.15) is 0 Å². The van der Waals surface area contributed by atoms with Crippen molar-refractivity contribution in [3.63, 3.8) is 0 Å². The van der Waals surface area contributed by atoms with Gasteiger partial charge < -0.3 is 17.0 Å². The number of hydrogen-bond acceptors (Lipinski definition) is 3. The fraction of sp³-hybridized carbons (Fsp3) is 0.100. The molecule has 0 aliphatic rings. The highest BCUT2D eigenvalue weighted by Gasteiger charge is 2.14. The summed E-state index contributed by atoms with van der Waals surface area (Å²) in [5.41, 5.74) is 2.85. The quantitative estimate of drug-likeness (QED) is 0.254. The van der Waals surface area contributed by atoms with Crippen molar-refractivity contribution in [3.05, 3.63) is 106 Å². The number of nitro groups is 1. The molecule has 26 heavy (non-hydrogen) atoms. The van der Waals surface area contributed by atoms with E-state index < -0.39 is 4.92 Å². The predicted molar refractivity (Wildman–Crippen MR) is 93.3 cm³/mol. The second-order valence-electron chi connectivity index (χ2n) is 5.77. The third-order valence-electron chi connectivity index (χ3n) is 3.94. The number of nitrogens with zero attached hydrogens (tertiary/aromatic N) is 2. The molecular weight excluding hydrogens is 396 g/mol. The molecule has 1 heterocycles. The largest absolute Gasteiger partial charge is 1.00 e. The maximum Gasteiger partial charge on any atom is 0.269 e. The van der Waals surface area contributed by atoms with Crippen LogP contribution >= 0.6 is 0 Å². The van der Waals surface area contributed by atoms with Gasteiger partial charge in [-0.1, -0.05) is 30.3 Å². The van der Waals surface area contributed by atoms with Crippen molar-refractivity contribution < 1.29 is 31.3 Å². The maximum absolute atomic E-state index is 12.3. The van der Waals surface area contributed by atoms with Gasteiger partial charge >= 0.3 is 0 Å². The zero-order valence-corrected chi connectivity index (χ0v) is 15.5. The lowest BCUT2D eigenvalue weighted by atomic mass is 10.1. The summed E-state index contributed by atoms with van der Waals surface area (Å²) in [6.07, 6.45) is 4.60. The van der Waals surface area contributed by atoms with Crippen LogP contribution in [-0.2, 0) is 13.0 Å². The van der Waals surface area contributed by atoms with Crippen molar-refractivity contribution in [2.75, 3.05) is 0 Å². The van der Waals surface area contributed by atoms with Crippen LogP contribution in [-0.4, -0.2) is 10.7 Å². The number of Topliss-reactive ketones (excluding diaryl/α,β-unsaturated/α-hetero) is 1. The van der Waals surface area contributed by atoms with Gasteiger partial charge in [0.2, 0.25) is 12.3 Å². The van der Waals surface area contributed by atoms with Gasteiger partial charge in [0.05, 0.1) is 4.92 Å². The van der Waals surface area contributed by atoms with E-state index >= 15 is 0 Å². The number of carbonyl (C=O) groups excluding carboxylic acids is 1. The molecule has 0 atom stereocenters. The second-order valence-corrected chi connectivity index (χ2v) is 5.77. The number of carbonyl (C=O) groups is 1. The molecular formula is C20H17BrN2O3. The van der Waals surface area contributed by atoms with Crippen LogP contribution in [0.4, 0.5) is 5.69 Å². The molecule has 3 rings (SSSR count). The van der Waals surface area contributed by atoms with Gasteiger partial charge in [0, 0.05) is 29.8 Å². The number of halogens is 1. The molecule has 2 aromatic carbocycles. The van der Waals surface area contributed by atoms with Crippen molar-refractivity contribution >= 4 is 11.5 Å². The average Bonchev–Trinajstić information content (AvgIpc) is 2.64. The number of aromatic nitrogens is 1. The van der Waals surface area contributed by atoms with Gasteiger partial charge in [-0.25, -0.2) is 0 Å². The van der Waals surface area contributed by atoms with Crippen LogP contribution in [0.1, 0.15) is 21.5 Å². The Balaban J connectivity index is 0.00000243. The monoisotopic (exact) mass is 412 g/mol. The van der Waals surface area contributed by atoms with Gasteiger partial charge in [-0.05, 0) is 29.7 Å². The van der Waals surface area contributed by atoms with Crippen molar-refractivity contribution in [3.8, 4) is 0 Å².